The number of carbonyl (C=O) groups is 2. The predicted octanol–water partition coefficient (Wildman–Crippen LogP) is 2.07. The fraction of sp³-hybridized carbons (Fsp3) is 0.417. The third kappa shape index (κ3) is 5.91. The van der Waals surface area contributed by atoms with Gasteiger partial charge in [0.05, 0.1) is 19.4 Å². The Bertz CT molecular complexity index is 1100. The number of piperazine rings is 1. The van der Waals surface area contributed by atoms with Gasteiger partial charge < -0.3 is 15.0 Å². The fourth-order valence-electron chi connectivity index (χ4n) is 3.81. The molecule has 0 aromatic heterocycles. The Balaban J connectivity index is 1.85. The molecule has 0 saturated carbocycles. The Kier molecular flexibility index (Phi) is 7.44. The number of nitrogens with one attached hydrogen (secondary N) is 1. The smallest absolute Gasteiger partial charge is 0.247 e. The number of aryl methyl sites for hydroxylation is 1. The number of carbonyl (C=O) groups excluding carboxylic acids is 2. The van der Waals surface area contributed by atoms with E-state index in [1.807, 2.05) is 62.4 Å². The maximum Gasteiger partial charge on any atom is 0.247 e. The van der Waals surface area contributed by atoms with Crippen LogP contribution in [0.2, 0.25) is 0 Å². The summed E-state index contributed by atoms with van der Waals surface area (Å²) in [5, 5.41) is 2.89. The van der Waals surface area contributed by atoms with Crippen molar-refractivity contribution in [3.8, 4) is 5.75 Å². The largest absolute Gasteiger partial charge is 0.494 e. The number of benzene rings is 2. The van der Waals surface area contributed by atoms with E-state index in [0.717, 1.165) is 27.3 Å². The summed E-state index contributed by atoms with van der Waals surface area (Å²) in [6.07, 6.45) is 1.05. The second kappa shape index (κ2) is 9.93. The molecule has 33 heavy (non-hydrogen) atoms. The molecule has 0 radical (unpaired) electrons. The van der Waals surface area contributed by atoms with Gasteiger partial charge >= 0.3 is 0 Å². The summed E-state index contributed by atoms with van der Waals surface area (Å²) >= 11 is 0. The molecular weight excluding hydrogens is 442 g/mol. The molecule has 1 fully saturated rings. The maximum absolute atomic E-state index is 13.4. The van der Waals surface area contributed by atoms with E-state index in [9.17, 15) is 18.0 Å². The van der Waals surface area contributed by atoms with Gasteiger partial charge in [0, 0.05) is 19.6 Å². The number of amides is 2. The van der Waals surface area contributed by atoms with E-state index in [4.69, 9.17) is 4.74 Å². The lowest BCUT2D eigenvalue weighted by molar-refractivity contribution is -0.153. The van der Waals surface area contributed by atoms with Crippen molar-refractivity contribution < 1.29 is 22.7 Å². The van der Waals surface area contributed by atoms with E-state index in [-0.39, 0.29) is 26.2 Å². The molecule has 1 aliphatic heterocycles. The SMILES string of the molecule is CCOc1ccc(CN2C(=O)CN(S(C)(=O)=O)C[C@@]2(C)C(=O)NCc2ccc(C)cc2)cc1. The van der Waals surface area contributed by atoms with Gasteiger partial charge in [0.25, 0.3) is 0 Å². The highest BCUT2D eigenvalue weighted by molar-refractivity contribution is 7.88. The molecule has 1 heterocycles. The van der Waals surface area contributed by atoms with E-state index in [2.05, 4.69) is 5.32 Å². The highest BCUT2D eigenvalue weighted by Crippen LogP contribution is 2.27. The zero-order chi connectivity index (χ0) is 24.2. The average Bonchev–Trinajstić information content (AvgIpc) is 2.76. The zero-order valence-corrected chi connectivity index (χ0v) is 20.3. The van der Waals surface area contributed by atoms with Gasteiger partial charge in [-0.1, -0.05) is 42.0 Å². The third-order valence-corrected chi connectivity index (χ3v) is 7.00. The van der Waals surface area contributed by atoms with Crippen molar-refractivity contribution in [1.29, 1.82) is 0 Å². The van der Waals surface area contributed by atoms with Gasteiger partial charge in [0.15, 0.2) is 0 Å². The fourth-order valence-corrected chi connectivity index (χ4v) is 4.64. The van der Waals surface area contributed by atoms with Crippen molar-refractivity contribution in [3.63, 3.8) is 0 Å². The standard InChI is InChI=1S/C24H31N3O5S/c1-5-32-21-12-10-20(11-13-21)15-27-22(28)16-26(33(4,30)31)17-24(27,3)23(29)25-14-19-8-6-18(2)7-9-19/h6-13H,5,14-17H2,1-4H3,(H,25,29)/t24-/m0/s1. The number of ether oxygens (including phenoxy) is 1. The Morgan fingerprint density at radius 2 is 1.70 bits per heavy atom. The molecule has 8 nitrogen and oxygen atoms in total. The minimum atomic E-state index is -3.65. The number of rotatable bonds is 8. The van der Waals surface area contributed by atoms with Crippen LogP contribution in [-0.4, -0.2) is 60.9 Å². The molecule has 1 atom stereocenters. The predicted molar refractivity (Wildman–Crippen MR) is 126 cm³/mol. The number of hydrogen-bond acceptors (Lipinski definition) is 5. The van der Waals surface area contributed by atoms with Crippen molar-refractivity contribution in [3.05, 3.63) is 65.2 Å². The molecule has 0 spiro atoms. The summed E-state index contributed by atoms with van der Waals surface area (Å²) in [5.41, 5.74) is 1.47. The van der Waals surface area contributed by atoms with Gasteiger partial charge in [-0.3, -0.25) is 9.59 Å². The highest BCUT2D eigenvalue weighted by Gasteiger charge is 2.49. The topological polar surface area (TPSA) is 96.0 Å². The van der Waals surface area contributed by atoms with Gasteiger partial charge in [0.2, 0.25) is 21.8 Å². The van der Waals surface area contributed by atoms with Crippen LogP contribution >= 0.6 is 0 Å². The molecule has 178 valence electrons. The van der Waals surface area contributed by atoms with E-state index < -0.39 is 27.4 Å². The monoisotopic (exact) mass is 473 g/mol. The lowest BCUT2D eigenvalue weighted by Gasteiger charge is -2.46. The number of hydrogen-bond donors (Lipinski definition) is 1. The first kappa shape index (κ1) is 24.7. The quantitative estimate of drug-likeness (QED) is 0.633. The van der Waals surface area contributed by atoms with Crippen LogP contribution in [0.1, 0.15) is 30.5 Å². The Hall–Kier alpha value is -2.91. The summed E-state index contributed by atoms with van der Waals surface area (Å²) in [6, 6.07) is 15.1. The third-order valence-electron chi connectivity index (χ3n) is 5.80. The maximum atomic E-state index is 13.4. The second-order valence-corrected chi connectivity index (χ2v) is 10.5. The van der Waals surface area contributed by atoms with Crippen LogP contribution in [-0.2, 0) is 32.7 Å². The number of sulfonamides is 1. The lowest BCUT2D eigenvalue weighted by atomic mass is 9.94. The zero-order valence-electron chi connectivity index (χ0n) is 19.5. The first-order valence-corrected chi connectivity index (χ1v) is 12.7. The highest BCUT2D eigenvalue weighted by atomic mass is 32.2. The molecule has 0 unspecified atom stereocenters. The molecule has 0 aliphatic carbocycles. The minimum Gasteiger partial charge on any atom is -0.494 e. The Labute approximate surface area is 195 Å². The van der Waals surface area contributed by atoms with Gasteiger partial charge in [-0.2, -0.15) is 4.31 Å². The van der Waals surface area contributed by atoms with Crippen molar-refractivity contribution >= 4 is 21.8 Å². The first-order chi connectivity index (χ1) is 15.5. The molecule has 9 heteroatoms. The Morgan fingerprint density at radius 1 is 1.09 bits per heavy atom. The lowest BCUT2D eigenvalue weighted by Crippen LogP contribution is -2.69. The van der Waals surface area contributed by atoms with E-state index in [1.165, 1.54) is 4.90 Å². The van der Waals surface area contributed by atoms with Crippen LogP contribution in [0.15, 0.2) is 48.5 Å². The van der Waals surface area contributed by atoms with Crippen molar-refractivity contribution in [2.24, 2.45) is 0 Å². The van der Waals surface area contributed by atoms with Crippen LogP contribution in [0.5, 0.6) is 5.75 Å². The molecule has 0 bridgehead atoms. The molecule has 1 N–H and O–H groups in total. The Morgan fingerprint density at radius 3 is 2.27 bits per heavy atom. The summed E-state index contributed by atoms with van der Waals surface area (Å²) in [6.45, 7) is 6.08. The van der Waals surface area contributed by atoms with E-state index >= 15 is 0 Å². The van der Waals surface area contributed by atoms with Crippen molar-refractivity contribution in [1.82, 2.24) is 14.5 Å². The molecule has 1 saturated heterocycles. The van der Waals surface area contributed by atoms with E-state index in [1.54, 1.807) is 6.92 Å². The van der Waals surface area contributed by atoms with Gasteiger partial charge in [-0.25, -0.2) is 8.42 Å². The molecule has 1 aliphatic rings. The summed E-state index contributed by atoms with van der Waals surface area (Å²) in [4.78, 5) is 27.9. The molecule has 3 rings (SSSR count). The molecule has 2 amide bonds. The normalized spacial score (nSPS) is 19.4. The van der Waals surface area contributed by atoms with Gasteiger partial charge in [0.1, 0.15) is 11.3 Å². The van der Waals surface area contributed by atoms with Crippen LogP contribution in [0, 0.1) is 6.92 Å². The van der Waals surface area contributed by atoms with E-state index in [0.29, 0.717) is 12.4 Å². The van der Waals surface area contributed by atoms with Crippen LogP contribution < -0.4 is 10.1 Å². The number of nitrogens with zero attached hydrogens (tertiary/aromatic N) is 2. The van der Waals surface area contributed by atoms with Crippen LogP contribution in [0.4, 0.5) is 0 Å². The molecule has 2 aromatic rings. The van der Waals surface area contributed by atoms with Crippen molar-refractivity contribution in [2.75, 3.05) is 26.0 Å². The second-order valence-electron chi connectivity index (χ2n) is 8.53. The van der Waals surface area contributed by atoms with Crippen LogP contribution in [0.25, 0.3) is 0 Å². The van der Waals surface area contributed by atoms with Gasteiger partial charge in [-0.05, 0) is 44.0 Å². The summed E-state index contributed by atoms with van der Waals surface area (Å²) < 4.78 is 31.0. The molecular formula is C24H31N3O5S. The average molecular weight is 474 g/mol. The first-order valence-electron chi connectivity index (χ1n) is 10.8. The van der Waals surface area contributed by atoms with Crippen molar-refractivity contribution in [2.45, 2.75) is 39.4 Å². The molecule has 2 aromatic carbocycles. The minimum absolute atomic E-state index is 0.117. The van der Waals surface area contributed by atoms with Gasteiger partial charge in [-0.15, -0.1) is 0 Å². The van der Waals surface area contributed by atoms with Crippen LogP contribution in [0.3, 0.4) is 0 Å². The summed E-state index contributed by atoms with van der Waals surface area (Å²) in [5.74, 6) is -0.114. The summed E-state index contributed by atoms with van der Waals surface area (Å²) in [7, 11) is -3.65.